The molecule has 23 heavy (non-hydrogen) atoms. The molecule has 0 spiro atoms. The Morgan fingerprint density at radius 1 is 1.26 bits per heavy atom. The number of benzene rings is 1. The van der Waals surface area contributed by atoms with E-state index in [0.29, 0.717) is 31.1 Å². The topological polar surface area (TPSA) is 50.8 Å². The highest BCUT2D eigenvalue weighted by Gasteiger charge is 2.47. The molecule has 2 fully saturated rings. The summed E-state index contributed by atoms with van der Waals surface area (Å²) in [5.74, 6) is 2.43. The molecule has 1 saturated carbocycles. The Labute approximate surface area is 142 Å². The van der Waals surface area contributed by atoms with Gasteiger partial charge in [0, 0.05) is 31.6 Å². The number of halogens is 1. The zero-order valence-corrected chi connectivity index (χ0v) is 14.1. The van der Waals surface area contributed by atoms with Crippen LogP contribution in [0.3, 0.4) is 0 Å². The maximum absolute atomic E-state index is 12.7. The second kappa shape index (κ2) is 6.57. The highest BCUT2D eigenvalue weighted by molar-refractivity contribution is 5.85. The Balaban J connectivity index is 0.00000156. The first-order chi connectivity index (χ1) is 10.7. The third-order valence-corrected chi connectivity index (χ3v) is 4.89. The summed E-state index contributed by atoms with van der Waals surface area (Å²) >= 11 is 0. The van der Waals surface area contributed by atoms with Crippen LogP contribution in [0, 0.1) is 5.92 Å². The van der Waals surface area contributed by atoms with Crippen molar-refractivity contribution in [3.05, 3.63) is 23.8 Å². The fraction of sp³-hybridized carbons (Fsp3) is 0.588. The van der Waals surface area contributed by atoms with Gasteiger partial charge in [-0.2, -0.15) is 0 Å². The standard InChI is InChI=1S/C17H22N2O3.ClH/c1-11-10-18-4-5-19(11)17(20)14-9-13(14)12-2-3-15-16(8-12)22-7-6-21-15;/h2-3,8,11,13-14,18H,4-7,9-10H2,1H3;1H/t11-,13?,14?;/m0./s1. The van der Waals surface area contributed by atoms with Gasteiger partial charge in [0.2, 0.25) is 5.91 Å². The average Bonchev–Trinajstić information content (AvgIpc) is 3.35. The normalized spacial score (nSPS) is 28.7. The molecule has 1 N–H and O–H groups in total. The summed E-state index contributed by atoms with van der Waals surface area (Å²) in [6.07, 6.45) is 0.953. The summed E-state index contributed by atoms with van der Waals surface area (Å²) < 4.78 is 11.2. The Kier molecular flexibility index (Phi) is 4.69. The molecule has 0 radical (unpaired) electrons. The van der Waals surface area contributed by atoms with Crippen molar-refractivity contribution < 1.29 is 14.3 Å². The van der Waals surface area contributed by atoms with Crippen molar-refractivity contribution >= 4 is 18.3 Å². The Morgan fingerprint density at radius 2 is 2.04 bits per heavy atom. The third kappa shape index (κ3) is 3.12. The maximum atomic E-state index is 12.7. The minimum atomic E-state index is 0. The van der Waals surface area contributed by atoms with Crippen LogP contribution in [-0.2, 0) is 4.79 Å². The van der Waals surface area contributed by atoms with Crippen LogP contribution in [0.2, 0.25) is 0 Å². The van der Waals surface area contributed by atoms with Gasteiger partial charge >= 0.3 is 0 Å². The maximum Gasteiger partial charge on any atom is 0.226 e. The van der Waals surface area contributed by atoms with Crippen LogP contribution in [0.4, 0.5) is 0 Å². The van der Waals surface area contributed by atoms with Crippen molar-refractivity contribution in [1.82, 2.24) is 10.2 Å². The second-order valence-electron chi connectivity index (χ2n) is 6.44. The average molecular weight is 339 g/mol. The van der Waals surface area contributed by atoms with E-state index in [4.69, 9.17) is 9.47 Å². The first kappa shape index (κ1) is 16.4. The van der Waals surface area contributed by atoms with Gasteiger partial charge < -0.3 is 19.7 Å². The number of hydrogen-bond acceptors (Lipinski definition) is 4. The van der Waals surface area contributed by atoms with E-state index in [0.717, 1.165) is 37.6 Å². The summed E-state index contributed by atoms with van der Waals surface area (Å²) in [7, 11) is 0. The SMILES string of the molecule is C[C@H]1CNCCN1C(=O)C1CC1c1ccc2c(c1)OCCO2.Cl. The lowest BCUT2D eigenvalue weighted by Gasteiger charge is -2.34. The molecule has 2 aliphatic heterocycles. The van der Waals surface area contributed by atoms with Gasteiger partial charge in [-0.15, -0.1) is 12.4 Å². The van der Waals surface area contributed by atoms with Gasteiger partial charge in [-0.25, -0.2) is 0 Å². The number of hydrogen-bond donors (Lipinski definition) is 1. The van der Waals surface area contributed by atoms with Crippen molar-refractivity contribution in [2.45, 2.75) is 25.3 Å². The van der Waals surface area contributed by atoms with Gasteiger partial charge in [-0.05, 0) is 37.0 Å². The Hall–Kier alpha value is -1.46. The predicted octanol–water partition coefficient (Wildman–Crippen LogP) is 1.80. The molecule has 5 nitrogen and oxygen atoms in total. The molecule has 2 unspecified atom stereocenters. The fourth-order valence-corrected chi connectivity index (χ4v) is 3.51. The number of rotatable bonds is 2. The molecular weight excluding hydrogens is 316 g/mol. The summed E-state index contributed by atoms with van der Waals surface area (Å²) in [4.78, 5) is 14.7. The van der Waals surface area contributed by atoms with E-state index in [1.54, 1.807) is 0 Å². The van der Waals surface area contributed by atoms with Crippen LogP contribution in [0.25, 0.3) is 0 Å². The molecule has 126 valence electrons. The molecule has 1 aliphatic carbocycles. The summed E-state index contributed by atoms with van der Waals surface area (Å²) in [6, 6.07) is 6.39. The van der Waals surface area contributed by atoms with E-state index in [2.05, 4.69) is 18.3 Å². The van der Waals surface area contributed by atoms with Gasteiger partial charge in [0.1, 0.15) is 13.2 Å². The molecule has 0 aromatic heterocycles. The number of amides is 1. The molecule has 3 aliphatic rings. The lowest BCUT2D eigenvalue weighted by atomic mass is 10.1. The predicted molar refractivity (Wildman–Crippen MR) is 89.6 cm³/mol. The number of carbonyl (C=O) groups excluding carboxylic acids is 1. The molecule has 2 heterocycles. The molecule has 0 bridgehead atoms. The van der Waals surface area contributed by atoms with E-state index < -0.39 is 0 Å². The van der Waals surface area contributed by atoms with Gasteiger partial charge in [-0.1, -0.05) is 6.07 Å². The number of ether oxygens (including phenoxy) is 2. The monoisotopic (exact) mass is 338 g/mol. The van der Waals surface area contributed by atoms with Crippen LogP contribution in [0.15, 0.2) is 18.2 Å². The minimum Gasteiger partial charge on any atom is -0.486 e. The van der Waals surface area contributed by atoms with Gasteiger partial charge in [0.05, 0.1) is 0 Å². The molecule has 6 heteroatoms. The third-order valence-electron chi connectivity index (χ3n) is 4.89. The van der Waals surface area contributed by atoms with E-state index >= 15 is 0 Å². The minimum absolute atomic E-state index is 0. The van der Waals surface area contributed by atoms with Gasteiger partial charge in [0.15, 0.2) is 11.5 Å². The molecular formula is C17H23ClN2O3. The van der Waals surface area contributed by atoms with Crippen molar-refractivity contribution in [2.24, 2.45) is 5.92 Å². The van der Waals surface area contributed by atoms with E-state index in [1.807, 2.05) is 17.0 Å². The fourth-order valence-electron chi connectivity index (χ4n) is 3.51. The smallest absolute Gasteiger partial charge is 0.226 e. The van der Waals surface area contributed by atoms with E-state index in [-0.39, 0.29) is 18.3 Å². The number of fused-ring (bicyclic) bond motifs is 1. The van der Waals surface area contributed by atoms with Crippen molar-refractivity contribution in [3.63, 3.8) is 0 Å². The quantitative estimate of drug-likeness (QED) is 0.893. The lowest BCUT2D eigenvalue weighted by molar-refractivity contribution is -0.135. The summed E-state index contributed by atoms with van der Waals surface area (Å²) in [5.41, 5.74) is 1.20. The Morgan fingerprint density at radius 3 is 2.83 bits per heavy atom. The summed E-state index contributed by atoms with van der Waals surface area (Å²) in [5, 5.41) is 3.33. The van der Waals surface area contributed by atoms with Crippen LogP contribution >= 0.6 is 12.4 Å². The van der Waals surface area contributed by atoms with Crippen molar-refractivity contribution in [2.75, 3.05) is 32.8 Å². The van der Waals surface area contributed by atoms with E-state index in [1.165, 1.54) is 5.56 Å². The highest BCUT2D eigenvalue weighted by Crippen LogP contribution is 2.50. The number of carbonyl (C=O) groups is 1. The molecule has 1 amide bonds. The van der Waals surface area contributed by atoms with Gasteiger partial charge in [-0.3, -0.25) is 4.79 Å². The highest BCUT2D eigenvalue weighted by atomic mass is 35.5. The first-order valence-corrected chi connectivity index (χ1v) is 8.15. The zero-order valence-electron chi connectivity index (χ0n) is 13.3. The van der Waals surface area contributed by atoms with Crippen molar-refractivity contribution in [3.8, 4) is 11.5 Å². The van der Waals surface area contributed by atoms with Crippen molar-refractivity contribution in [1.29, 1.82) is 0 Å². The van der Waals surface area contributed by atoms with Crippen LogP contribution in [-0.4, -0.2) is 49.7 Å². The lowest BCUT2D eigenvalue weighted by Crippen LogP contribution is -2.52. The largest absolute Gasteiger partial charge is 0.486 e. The van der Waals surface area contributed by atoms with Crippen LogP contribution in [0.1, 0.15) is 24.8 Å². The molecule has 4 rings (SSSR count). The molecule has 1 aromatic carbocycles. The Bertz CT molecular complexity index is 595. The van der Waals surface area contributed by atoms with Crippen LogP contribution < -0.4 is 14.8 Å². The first-order valence-electron chi connectivity index (χ1n) is 8.15. The number of nitrogens with one attached hydrogen (secondary N) is 1. The van der Waals surface area contributed by atoms with Gasteiger partial charge in [0.25, 0.3) is 0 Å². The summed E-state index contributed by atoms with van der Waals surface area (Å²) in [6.45, 7) is 5.94. The number of nitrogens with zero attached hydrogens (tertiary/aromatic N) is 1. The molecule has 1 saturated heterocycles. The van der Waals surface area contributed by atoms with Crippen LogP contribution in [0.5, 0.6) is 11.5 Å². The molecule has 3 atom stereocenters. The second-order valence-corrected chi connectivity index (χ2v) is 6.44. The zero-order chi connectivity index (χ0) is 15.1. The number of piperazine rings is 1. The molecule has 1 aromatic rings. The van der Waals surface area contributed by atoms with E-state index in [9.17, 15) is 4.79 Å².